The zero-order valence-corrected chi connectivity index (χ0v) is 8.55. The van der Waals surface area contributed by atoms with Crippen LogP contribution in [0.1, 0.15) is 12.2 Å². The normalized spacial score (nSPS) is 10.6. The molecule has 0 atom stereocenters. The topological polar surface area (TPSA) is 49.4 Å². The lowest BCUT2D eigenvalue weighted by molar-refractivity contribution is 0.625. The number of hydrogen-bond donors (Lipinski definition) is 2. The van der Waals surface area contributed by atoms with Gasteiger partial charge in [0.1, 0.15) is 5.82 Å². The van der Waals surface area contributed by atoms with Gasteiger partial charge in [-0.25, -0.2) is 4.98 Å². The Balaban J connectivity index is 1.84. The highest BCUT2D eigenvalue weighted by molar-refractivity contribution is 7.71. The van der Waals surface area contributed by atoms with Crippen molar-refractivity contribution in [2.75, 3.05) is 0 Å². The predicted octanol–water partition coefficient (Wildman–Crippen LogP) is 1.90. The average Bonchev–Trinajstić information content (AvgIpc) is 2.78. The van der Waals surface area contributed by atoms with Gasteiger partial charge in [-0.2, -0.15) is 0 Å². The first-order valence-corrected chi connectivity index (χ1v) is 4.99. The number of aromatic nitrogens is 4. The van der Waals surface area contributed by atoms with E-state index in [4.69, 9.17) is 12.2 Å². The van der Waals surface area contributed by atoms with E-state index in [0.717, 1.165) is 30.0 Å². The van der Waals surface area contributed by atoms with E-state index < -0.39 is 0 Å². The second-order valence-corrected chi connectivity index (χ2v) is 3.48. The lowest BCUT2D eigenvalue weighted by Gasteiger charge is -2.00. The van der Waals surface area contributed by atoms with Crippen LogP contribution in [0.4, 0.5) is 0 Å². The zero-order chi connectivity index (χ0) is 9.80. The van der Waals surface area contributed by atoms with Crippen molar-refractivity contribution in [2.24, 2.45) is 0 Å². The minimum atomic E-state index is 0.782. The molecule has 74 valence electrons. The van der Waals surface area contributed by atoms with Gasteiger partial charge in [0.25, 0.3) is 0 Å². The van der Waals surface area contributed by atoms with Crippen molar-refractivity contribution < 1.29 is 0 Å². The fourth-order valence-corrected chi connectivity index (χ4v) is 1.60. The molecule has 2 aromatic heterocycles. The Morgan fingerprint density at radius 2 is 2.29 bits per heavy atom. The Bertz CT molecular complexity index is 426. The molecule has 0 fully saturated rings. The third-order valence-electron chi connectivity index (χ3n) is 2.09. The van der Waals surface area contributed by atoms with E-state index in [1.807, 2.05) is 23.2 Å². The minimum Gasteiger partial charge on any atom is -0.349 e. The maximum Gasteiger partial charge on any atom is 0.177 e. The Hall–Kier alpha value is -1.36. The summed E-state index contributed by atoms with van der Waals surface area (Å²) >= 11 is 5.08. The number of hydrogen-bond acceptors (Lipinski definition) is 2. The molecule has 2 heterocycles. The van der Waals surface area contributed by atoms with Gasteiger partial charge in [0.2, 0.25) is 0 Å². The van der Waals surface area contributed by atoms with Gasteiger partial charge in [-0.15, -0.1) is 0 Å². The molecular formula is C9H12N4S. The van der Waals surface area contributed by atoms with Crippen molar-refractivity contribution in [3.8, 4) is 0 Å². The molecule has 0 saturated heterocycles. The van der Waals surface area contributed by atoms with Crippen LogP contribution in [0.2, 0.25) is 0 Å². The van der Waals surface area contributed by atoms with E-state index in [1.165, 1.54) is 0 Å². The molecule has 0 aromatic carbocycles. The number of aryl methyl sites for hydroxylation is 2. The van der Waals surface area contributed by atoms with E-state index in [9.17, 15) is 0 Å². The molecule has 0 saturated carbocycles. The third-order valence-corrected chi connectivity index (χ3v) is 2.44. The van der Waals surface area contributed by atoms with Crippen molar-refractivity contribution in [3.05, 3.63) is 35.4 Å². The first-order chi connectivity index (χ1) is 6.86. The highest BCUT2D eigenvalue weighted by Crippen LogP contribution is 1.99. The smallest absolute Gasteiger partial charge is 0.177 e. The summed E-state index contributed by atoms with van der Waals surface area (Å²) in [6, 6.07) is 0. The molecule has 0 unspecified atom stereocenters. The first kappa shape index (κ1) is 9.21. The molecule has 2 aromatic rings. The molecule has 4 nitrogen and oxygen atoms in total. The van der Waals surface area contributed by atoms with E-state index in [1.54, 1.807) is 6.20 Å². The summed E-state index contributed by atoms with van der Waals surface area (Å²) in [4.78, 5) is 10.2. The van der Waals surface area contributed by atoms with Gasteiger partial charge in [0, 0.05) is 37.8 Å². The minimum absolute atomic E-state index is 0.782. The molecule has 0 aliphatic heterocycles. The van der Waals surface area contributed by atoms with E-state index >= 15 is 0 Å². The Morgan fingerprint density at radius 1 is 1.36 bits per heavy atom. The van der Waals surface area contributed by atoms with Gasteiger partial charge >= 0.3 is 0 Å². The van der Waals surface area contributed by atoms with Crippen molar-refractivity contribution in [1.29, 1.82) is 0 Å². The van der Waals surface area contributed by atoms with Crippen molar-refractivity contribution in [1.82, 2.24) is 19.5 Å². The third kappa shape index (κ3) is 2.11. The molecule has 0 bridgehead atoms. The van der Waals surface area contributed by atoms with Gasteiger partial charge in [-0.05, 0) is 18.6 Å². The van der Waals surface area contributed by atoms with Crippen LogP contribution < -0.4 is 0 Å². The maximum atomic E-state index is 5.08. The molecule has 2 rings (SSSR count). The SMILES string of the molecule is S=c1[nH]ccn1CCCc1ncc[nH]1. The zero-order valence-electron chi connectivity index (χ0n) is 7.73. The molecular weight excluding hydrogens is 196 g/mol. The van der Waals surface area contributed by atoms with Crippen LogP contribution in [-0.4, -0.2) is 19.5 Å². The standard InChI is InChI=1S/C9H12N4S/c14-9-12-5-7-13(9)6-1-2-8-10-3-4-11-8/h3-5,7H,1-2,6H2,(H,10,11)(H,12,14). The molecule has 0 spiro atoms. The van der Waals surface area contributed by atoms with Gasteiger partial charge in [0.05, 0.1) is 0 Å². The van der Waals surface area contributed by atoms with Gasteiger partial charge in [-0.1, -0.05) is 0 Å². The van der Waals surface area contributed by atoms with Crippen LogP contribution in [0.5, 0.6) is 0 Å². The number of rotatable bonds is 4. The lowest BCUT2D eigenvalue weighted by atomic mass is 10.3. The fraction of sp³-hybridized carbons (Fsp3) is 0.333. The Labute approximate surface area is 87.0 Å². The highest BCUT2D eigenvalue weighted by atomic mass is 32.1. The quantitative estimate of drug-likeness (QED) is 0.754. The van der Waals surface area contributed by atoms with Crippen molar-refractivity contribution in [3.63, 3.8) is 0 Å². The predicted molar refractivity (Wildman–Crippen MR) is 56.5 cm³/mol. The fourth-order valence-electron chi connectivity index (χ4n) is 1.38. The summed E-state index contributed by atoms with van der Waals surface area (Å²) in [5.41, 5.74) is 0. The molecule has 0 amide bonds. The monoisotopic (exact) mass is 208 g/mol. The number of H-pyrrole nitrogens is 2. The van der Waals surface area contributed by atoms with Crippen LogP contribution in [0, 0.1) is 4.77 Å². The molecule has 0 radical (unpaired) electrons. The summed E-state index contributed by atoms with van der Waals surface area (Å²) in [6.07, 6.45) is 9.44. The highest BCUT2D eigenvalue weighted by Gasteiger charge is 1.96. The van der Waals surface area contributed by atoms with Gasteiger partial charge < -0.3 is 14.5 Å². The largest absolute Gasteiger partial charge is 0.349 e. The van der Waals surface area contributed by atoms with Gasteiger partial charge in [0.15, 0.2) is 4.77 Å². The molecule has 2 N–H and O–H groups in total. The van der Waals surface area contributed by atoms with Crippen LogP contribution in [0.25, 0.3) is 0 Å². The maximum absolute atomic E-state index is 5.08. The second-order valence-electron chi connectivity index (χ2n) is 3.10. The van der Waals surface area contributed by atoms with E-state index in [-0.39, 0.29) is 0 Å². The van der Waals surface area contributed by atoms with Crippen LogP contribution >= 0.6 is 12.2 Å². The number of nitrogens with one attached hydrogen (secondary N) is 2. The number of imidazole rings is 2. The van der Waals surface area contributed by atoms with Crippen molar-refractivity contribution >= 4 is 12.2 Å². The molecule has 0 aliphatic rings. The average molecular weight is 208 g/mol. The Morgan fingerprint density at radius 3 is 2.93 bits per heavy atom. The summed E-state index contributed by atoms with van der Waals surface area (Å²) in [5.74, 6) is 1.03. The summed E-state index contributed by atoms with van der Waals surface area (Å²) < 4.78 is 2.81. The van der Waals surface area contributed by atoms with Gasteiger partial charge in [-0.3, -0.25) is 0 Å². The van der Waals surface area contributed by atoms with Crippen LogP contribution in [0.3, 0.4) is 0 Å². The number of nitrogens with zero attached hydrogens (tertiary/aromatic N) is 2. The second kappa shape index (κ2) is 4.23. The number of aromatic amines is 2. The molecule has 5 heteroatoms. The summed E-state index contributed by atoms with van der Waals surface area (Å²) in [7, 11) is 0. The van der Waals surface area contributed by atoms with Crippen LogP contribution in [0.15, 0.2) is 24.8 Å². The van der Waals surface area contributed by atoms with E-state index in [0.29, 0.717) is 0 Å². The van der Waals surface area contributed by atoms with Crippen molar-refractivity contribution in [2.45, 2.75) is 19.4 Å². The molecule has 0 aliphatic carbocycles. The summed E-state index contributed by atoms with van der Waals surface area (Å²) in [5, 5.41) is 0. The Kier molecular flexibility index (Phi) is 2.78. The van der Waals surface area contributed by atoms with E-state index in [2.05, 4.69) is 15.0 Å². The summed E-state index contributed by atoms with van der Waals surface area (Å²) in [6.45, 7) is 0.934. The lowest BCUT2D eigenvalue weighted by Crippen LogP contribution is -1.99. The first-order valence-electron chi connectivity index (χ1n) is 4.58. The molecule has 14 heavy (non-hydrogen) atoms. The van der Waals surface area contributed by atoms with Crippen LogP contribution in [-0.2, 0) is 13.0 Å².